The van der Waals surface area contributed by atoms with E-state index in [-0.39, 0.29) is 6.04 Å². The van der Waals surface area contributed by atoms with Gasteiger partial charge >= 0.3 is 11.8 Å². The molecule has 0 aromatic heterocycles. The van der Waals surface area contributed by atoms with E-state index >= 15 is 0 Å². The van der Waals surface area contributed by atoms with Gasteiger partial charge in [-0.2, -0.15) is 0 Å². The molecule has 0 radical (unpaired) electrons. The molecule has 2 amide bonds. The predicted molar refractivity (Wildman–Crippen MR) is 83.1 cm³/mol. The average molecular weight is 303 g/mol. The molecule has 1 atom stereocenters. The summed E-state index contributed by atoms with van der Waals surface area (Å²) in [5.74, 6) is -1.39. The summed E-state index contributed by atoms with van der Waals surface area (Å²) in [5.41, 5.74) is 1.46. The van der Waals surface area contributed by atoms with Gasteiger partial charge in [0, 0.05) is 10.7 Å². The summed E-state index contributed by atoms with van der Waals surface area (Å²) < 4.78 is 0. The second-order valence-corrected chi connectivity index (χ2v) is 5.00. The highest BCUT2D eigenvalue weighted by atomic mass is 35.5. The Morgan fingerprint density at radius 1 is 0.952 bits per heavy atom. The highest BCUT2D eigenvalue weighted by Gasteiger charge is 2.16. The van der Waals surface area contributed by atoms with Gasteiger partial charge in [-0.25, -0.2) is 0 Å². The third kappa shape index (κ3) is 4.33. The molecular formula is C16H15ClN2O2. The molecule has 0 aliphatic heterocycles. The second kappa shape index (κ2) is 6.90. The minimum Gasteiger partial charge on any atom is -0.341 e. The van der Waals surface area contributed by atoms with Crippen LogP contribution in [0.1, 0.15) is 18.5 Å². The molecule has 0 heterocycles. The third-order valence-corrected chi connectivity index (χ3v) is 3.21. The number of amides is 2. The molecule has 0 fully saturated rings. The molecule has 108 valence electrons. The predicted octanol–water partition coefficient (Wildman–Crippen LogP) is 3.16. The maximum atomic E-state index is 11.8. The van der Waals surface area contributed by atoms with Crippen LogP contribution < -0.4 is 10.6 Å². The first-order valence-electron chi connectivity index (χ1n) is 6.48. The molecule has 2 rings (SSSR count). The van der Waals surface area contributed by atoms with Gasteiger partial charge in [-0.05, 0) is 36.8 Å². The molecule has 0 aliphatic rings. The monoisotopic (exact) mass is 302 g/mol. The van der Waals surface area contributed by atoms with Gasteiger partial charge in [-0.1, -0.05) is 41.9 Å². The number of carbonyl (C=O) groups excluding carboxylic acids is 2. The summed E-state index contributed by atoms with van der Waals surface area (Å²) in [6.07, 6.45) is 0. The topological polar surface area (TPSA) is 58.2 Å². The minimum absolute atomic E-state index is 0.241. The summed E-state index contributed by atoms with van der Waals surface area (Å²) in [4.78, 5) is 23.7. The minimum atomic E-state index is -0.708. The van der Waals surface area contributed by atoms with Gasteiger partial charge < -0.3 is 10.6 Å². The lowest BCUT2D eigenvalue weighted by Gasteiger charge is -2.14. The Kier molecular flexibility index (Phi) is 4.95. The zero-order valence-electron chi connectivity index (χ0n) is 11.5. The number of anilines is 1. The molecule has 2 N–H and O–H groups in total. The van der Waals surface area contributed by atoms with Crippen LogP contribution in [0.3, 0.4) is 0 Å². The summed E-state index contributed by atoms with van der Waals surface area (Å²) in [5, 5.41) is 5.73. The SMILES string of the molecule is C[C@@H](NC(=O)C(=O)Nc1ccc(Cl)cc1)c1ccccc1. The van der Waals surface area contributed by atoms with Gasteiger partial charge in [0.05, 0.1) is 6.04 Å². The first kappa shape index (κ1) is 15.1. The van der Waals surface area contributed by atoms with Gasteiger partial charge in [0.25, 0.3) is 0 Å². The molecule has 2 aromatic rings. The number of halogens is 1. The van der Waals surface area contributed by atoms with E-state index in [2.05, 4.69) is 10.6 Å². The number of nitrogens with one attached hydrogen (secondary N) is 2. The van der Waals surface area contributed by atoms with Crippen molar-refractivity contribution < 1.29 is 9.59 Å². The van der Waals surface area contributed by atoms with Crippen molar-refractivity contribution in [1.29, 1.82) is 0 Å². The van der Waals surface area contributed by atoms with Crippen molar-refractivity contribution in [2.45, 2.75) is 13.0 Å². The van der Waals surface area contributed by atoms with E-state index in [4.69, 9.17) is 11.6 Å². The van der Waals surface area contributed by atoms with Crippen molar-refractivity contribution in [3.05, 3.63) is 65.2 Å². The lowest BCUT2D eigenvalue weighted by molar-refractivity contribution is -0.136. The number of carbonyl (C=O) groups is 2. The maximum absolute atomic E-state index is 11.8. The number of rotatable bonds is 3. The average Bonchev–Trinajstić information content (AvgIpc) is 2.50. The van der Waals surface area contributed by atoms with Crippen molar-refractivity contribution in [3.63, 3.8) is 0 Å². The van der Waals surface area contributed by atoms with E-state index in [9.17, 15) is 9.59 Å². The lowest BCUT2D eigenvalue weighted by atomic mass is 10.1. The Bertz CT molecular complexity index is 626. The van der Waals surface area contributed by atoms with E-state index in [0.29, 0.717) is 10.7 Å². The van der Waals surface area contributed by atoms with E-state index in [1.165, 1.54) is 0 Å². The molecule has 5 heteroatoms. The van der Waals surface area contributed by atoms with Crippen molar-refractivity contribution in [2.24, 2.45) is 0 Å². The number of hydrogen-bond donors (Lipinski definition) is 2. The van der Waals surface area contributed by atoms with E-state index in [1.807, 2.05) is 37.3 Å². The van der Waals surface area contributed by atoms with Crippen LogP contribution in [0.2, 0.25) is 5.02 Å². The lowest BCUT2D eigenvalue weighted by Crippen LogP contribution is -2.36. The zero-order valence-corrected chi connectivity index (χ0v) is 12.2. The fourth-order valence-electron chi connectivity index (χ4n) is 1.81. The van der Waals surface area contributed by atoms with Crippen LogP contribution in [-0.2, 0) is 9.59 Å². The first-order chi connectivity index (χ1) is 10.1. The molecule has 0 aliphatic carbocycles. The summed E-state index contributed by atoms with van der Waals surface area (Å²) in [6.45, 7) is 1.82. The molecule has 0 saturated heterocycles. The van der Waals surface area contributed by atoms with E-state index in [0.717, 1.165) is 5.56 Å². The highest BCUT2D eigenvalue weighted by molar-refractivity contribution is 6.39. The largest absolute Gasteiger partial charge is 0.341 e. The van der Waals surface area contributed by atoms with Gasteiger partial charge in [0.2, 0.25) is 0 Å². The smallest absolute Gasteiger partial charge is 0.313 e. The van der Waals surface area contributed by atoms with Crippen LogP contribution in [-0.4, -0.2) is 11.8 Å². The van der Waals surface area contributed by atoms with Gasteiger partial charge in [-0.3, -0.25) is 9.59 Å². The van der Waals surface area contributed by atoms with Crippen molar-refractivity contribution in [1.82, 2.24) is 5.32 Å². The van der Waals surface area contributed by atoms with Crippen LogP contribution >= 0.6 is 11.6 Å². The fraction of sp³-hybridized carbons (Fsp3) is 0.125. The fourth-order valence-corrected chi connectivity index (χ4v) is 1.93. The molecule has 0 unspecified atom stereocenters. The standard InChI is InChI=1S/C16H15ClN2O2/c1-11(12-5-3-2-4-6-12)18-15(20)16(21)19-14-9-7-13(17)8-10-14/h2-11H,1H3,(H,18,20)(H,19,21)/t11-/m1/s1. The number of benzene rings is 2. The number of hydrogen-bond acceptors (Lipinski definition) is 2. The summed E-state index contributed by atoms with van der Waals surface area (Å²) in [7, 11) is 0. The van der Waals surface area contributed by atoms with Crippen molar-refractivity contribution >= 4 is 29.1 Å². The molecule has 0 bridgehead atoms. The Hall–Kier alpha value is -2.33. The normalized spacial score (nSPS) is 11.5. The second-order valence-electron chi connectivity index (χ2n) is 4.57. The van der Waals surface area contributed by atoms with Gasteiger partial charge in [0.15, 0.2) is 0 Å². The van der Waals surface area contributed by atoms with Crippen LogP contribution in [0.25, 0.3) is 0 Å². The van der Waals surface area contributed by atoms with Crippen LogP contribution in [0.5, 0.6) is 0 Å². The Labute approximate surface area is 128 Å². The van der Waals surface area contributed by atoms with Gasteiger partial charge in [-0.15, -0.1) is 0 Å². The summed E-state index contributed by atoms with van der Waals surface area (Å²) in [6, 6.07) is 15.7. The third-order valence-electron chi connectivity index (χ3n) is 2.96. The summed E-state index contributed by atoms with van der Waals surface area (Å²) >= 11 is 5.76. The van der Waals surface area contributed by atoms with Crippen LogP contribution in [0.15, 0.2) is 54.6 Å². The van der Waals surface area contributed by atoms with Gasteiger partial charge in [0.1, 0.15) is 0 Å². The van der Waals surface area contributed by atoms with E-state index < -0.39 is 11.8 Å². The van der Waals surface area contributed by atoms with Crippen molar-refractivity contribution in [3.8, 4) is 0 Å². The zero-order chi connectivity index (χ0) is 15.2. The molecule has 4 nitrogen and oxygen atoms in total. The van der Waals surface area contributed by atoms with Crippen LogP contribution in [0, 0.1) is 0 Å². The highest BCUT2D eigenvalue weighted by Crippen LogP contribution is 2.14. The molecule has 0 spiro atoms. The van der Waals surface area contributed by atoms with E-state index in [1.54, 1.807) is 24.3 Å². The maximum Gasteiger partial charge on any atom is 0.313 e. The Morgan fingerprint density at radius 3 is 2.19 bits per heavy atom. The Morgan fingerprint density at radius 2 is 1.57 bits per heavy atom. The molecule has 21 heavy (non-hydrogen) atoms. The molecular weight excluding hydrogens is 288 g/mol. The van der Waals surface area contributed by atoms with Crippen molar-refractivity contribution in [2.75, 3.05) is 5.32 Å². The Balaban J connectivity index is 1.93. The first-order valence-corrected chi connectivity index (χ1v) is 6.86. The molecule has 2 aromatic carbocycles. The molecule has 0 saturated carbocycles. The van der Waals surface area contributed by atoms with Crippen LogP contribution in [0.4, 0.5) is 5.69 Å². The quantitative estimate of drug-likeness (QED) is 0.856.